The van der Waals surface area contributed by atoms with E-state index in [1.807, 2.05) is 11.8 Å². The van der Waals surface area contributed by atoms with Gasteiger partial charge in [0.25, 0.3) is 0 Å². The summed E-state index contributed by atoms with van der Waals surface area (Å²) in [7, 11) is 0. The molecule has 0 saturated carbocycles. The summed E-state index contributed by atoms with van der Waals surface area (Å²) in [4.78, 5) is 24.9. The van der Waals surface area contributed by atoms with Crippen LogP contribution >= 0.6 is 0 Å². The Kier molecular flexibility index (Phi) is 2.90. The number of piperazine rings is 1. The van der Waals surface area contributed by atoms with E-state index >= 15 is 0 Å². The second-order valence-corrected chi connectivity index (χ2v) is 4.24. The molecule has 0 aromatic rings. The van der Waals surface area contributed by atoms with Gasteiger partial charge in [0.15, 0.2) is 0 Å². The maximum Gasteiger partial charge on any atom is 0.245 e. The number of nitrogens with zero attached hydrogens (tertiary/aromatic N) is 1. The first-order valence-electron chi connectivity index (χ1n) is 5.49. The van der Waals surface area contributed by atoms with Gasteiger partial charge in [0.05, 0.1) is 0 Å². The summed E-state index contributed by atoms with van der Waals surface area (Å²) in [5.41, 5.74) is 0. The van der Waals surface area contributed by atoms with Crippen LogP contribution in [0.4, 0.5) is 0 Å². The van der Waals surface area contributed by atoms with Crippen molar-refractivity contribution in [3.63, 3.8) is 0 Å². The third-order valence-electron chi connectivity index (χ3n) is 3.08. The number of rotatable bonds is 1. The van der Waals surface area contributed by atoms with Crippen LogP contribution in [0.1, 0.15) is 19.8 Å². The molecule has 5 heteroatoms. The molecule has 2 amide bonds. The van der Waals surface area contributed by atoms with E-state index in [-0.39, 0.29) is 23.9 Å². The minimum absolute atomic E-state index is 0.00358. The molecule has 2 aliphatic heterocycles. The quantitative estimate of drug-likeness (QED) is 0.590. The van der Waals surface area contributed by atoms with Crippen LogP contribution in [0.25, 0.3) is 0 Å². The van der Waals surface area contributed by atoms with E-state index in [1.165, 1.54) is 0 Å². The van der Waals surface area contributed by atoms with Crippen LogP contribution in [0.5, 0.6) is 0 Å². The van der Waals surface area contributed by atoms with E-state index in [0.29, 0.717) is 12.8 Å². The molecule has 84 valence electrons. The van der Waals surface area contributed by atoms with Gasteiger partial charge < -0.3 is 15.5 Å². The van der Waals surface area contributed by atoms with Gasteiger partial charge in [-0.3, -0.25) is 9.59 Å². The highest BCUT2D eigenvalue weighted by atomic mass is 16.2. The van der Waals surface area contributed by atoms with Crippen LogP contribution in [-0.4, -0.2) is 48.4 Å². The molecule has 0 spiro atoms. The van der Waals surface area contributed by atoms with Gasteiger partial charge in [-0.05, 0) is 13.3 Å². The fraction of sp³-hybridized carbons (Fsp3) is 0.800. The molecular weight excluding hydrogens is 194 g/mol. The fourth-order valence-electron chi connectivity index (χ4n) is 2.17. The minimum atomic E-state index is -0.280. The Labute approximate surface area is 89.2 Å². The third kappa shape index (κ3) is 2.12. The maximum absolute atomic E-state index is 12.0. The molecule has 0 radical (unpaired) electrons. The topological polar surface area (TPSA) is 61.4 Å². The standard InChI is InChI=1S/C10H17N3O2/c1-7-6-11-4-5-13(7)10(15)8-2-3-9(14)12-8/h7-8,11H,2-6H2,1H3,(H,12,14). The van der Waals surface area contributed by atoms with Crippen molar-refractivity contribution >= 4 is 11.8 Å². The summed E-state index contributed by atoms with van der Waals surface area (Å²) >= 11 is 0. The van der Waals surface area contributed by atoms with Gasteiger partial charge in [0.1, 0.15) is 6.04 Å². The highest BCUT2D eigenvalue weighted by Gasteiger charge is 2.33. The number of hydrogen-bond donors (Lipinski definition) is 2. The summed E-state index contributed by atoms with van der Waals surface area (Å²) in [5, 5.41) is 5.96. The molecule has 0 aliphatic carbocycles. The van der Waals surface area contributed by atoms with Gasteiger partial charge in [-0.15, -0.1) is 0 Å². The first kappa shape index (κ1) is 10.4. The summed E-state index contributed by atoms with van der Waals surface area (Å²) in [5.74, 6) is 0.0750. The van der Waals surface area contributed by atoms with E-state index in [9.17, 15) is 9.59 Å². The van der Waals surface area contributed by atoms with Crippen molar-refractivity contribution in [2.45, 2.75) is 31.8 Å². The zero-order valence-corrected chi connectivity index (χ0v) is 8.95. The Morgan fingerprint density at radius 2 is 2.33 bits per heavy atom. The van der Waals surface area contributed by atoms with E-state index < -0.39 is 0 Å². The first-order valence-corrected chi connectivity index (χ1v) is 5.49. The second kappa shape index (κ2) is 4.18. The molecule has 2 heterocycles. The van der Waals surface area contributed by atoms with Crippen LogP contribution in [0.3, 0.4) is 0 Å². The van der Waals surface area contributed by atoms with E-state index in [4.69, 9.17) is 0 Å². The maximum atomic E-state index is 12.0. The Hall–Kier alpha value is -1.10. The van der Waals surface area contributed by atoms with Crippen molar-refractivity contribution < 1.29 is 9.59 Å². The van der Waals surface area contributed by atoms with E-state index in [1.54, 1.807) is 0 Å². The van der Waals surface area contributed by atoms with Crippen molar-refractivity contribution in [1.29, 1.82) is 0 Å². The predicted molar refractivity (Wildman–Crippen MR) is 55.2 cm³/mol. The highest BCUT2D eigenvalue weighted by molar-refractivity contribution is 5.91. The first-order chi connectivity index (χ1) is 7.18. The smallest absolute Gasteiger partial charge is 0.245 e. The molecule has 2 unspecified atom stereocenters. The van der Waals surface area contributed by atoms with Crippen LogP contribution in [0, 0.1) is 0 Å². The summed E-state index contributed by atoms with van der Waals surface area (Å²) in [6.07, 6.45) is 1.13. The normalized spacial score (nSPS) is 31.5. The Balaban J connectivity index is 1.97. The van der Waals surface area contributed by atoms with Crippen molar-refractivity contribution in [3.8, 4) is 0 Å². The van der Waals surface area contributed by atoms with Crippen molar-refractivity contribution in [2.24, 2.45) is 0 Å². The predicted octanol–water partition coefficient (Wildman–Crippen LogP) is -0.915. The van der Waals surface area contributed by atoms with Crippen LogP contribution < -0.4 is 10.6 Å². The number of carbonyl (C=O) groups excluding carboxylic acids is 2. The summed E-state index contributed by atoms with van der Waals surface area (Å²) < 4.78 is 0. The molecular formula is C10H17N3O2. The number of hydrogen-bond acceptors (Lipinski definition) is 3. The summed E-state index contributed by atoms with van der Waals surface area (Å²) in [6, 6.07) is -0.0539. The monoisotopic (exact) mass is 211 g/mol. The van der Waals surface area contributed by atoms with Gasteiger partial charge in [0.2, 0.25) is 11.8 Å². The third-order valence-corrected chi connectivity index (χ3v) is 3.08. The van der Waals surface area contributed by atoms with Gasteiger partial charge >= 0.3 is 0 Å². The molecule has 0 bridgehead atoms. The molecule has 0 aromatic carbocycles. The second-order valence-electron chi connectivity index (χ2n) is 4.24. The van der Waals surface area contributed by atoms with Crippen LogP contribution in [0.15, 0.2) is 0 Å². The van der Waals surface area contributed by atoms with Gasteiger partial charge in [-0.25, -0.2) is 0 Å². The molecule has 2 fully saturated rings. The lowest BCUT2D eigenvalue weighted by Crippen LogP contribution is -2.56. The molecule has 2 N–H and O–H groups in total. The lowest BCUT2D eigenvalue weighted by Gasteiger charge is -2.35. The molecule has 5 nitrogen and oxygen atoms in total. The Bertz CT molecular complexity index is 280. The van der Waals surface area contributed by atoms with Gasteiger partial charge in [-0.2, -0.15) is 0 Å². The molecule has 2 saturated heterocycles. The average molecular weight is 211 g/mol. The Morgan fingerprint density at radius 3 is 2.93 bits per heavy atom. The molecule has 2 rings (SSSR count). The van der Waals surface area contributed by atoms with Crippen molar-refractivity contribution in [3.05, 3.63) is 0 Å². The van der Waals surface area contributed by atoms with Crippen molar-refractivity contribution in [2.75, 3.05) is 19.6 Å². The molecule has 15 heavy (non-hydrogen) atoms. The number of amides is 2. The zero-order chi connectivity index (χ0) is 10.8. The molecule has 0 aromatic heterocycles. The van der Waals surface area contributed by atoms with E-state index in [2.05, 4.69) is 10.6 Å². The van der Waals surface area contributed by atoms with Crippen LogP contribution in [0.2, 0.25) is 0 Å². The highest BCUT2D eigenvalue weighted by Crippen LogP contribution is 2.12. The lowest BCUT2D eigenvalue weighted by atomic mass is 10.1. The number of nitrogens with one attached hydrogen (secondary N) is 2. The zero-order valence-electron chi connectivity index (χ0n) is 8.95. The van der Waals surface area contributed by atoms with Crippen molar-refractivity contribution in [1.82, 2.24) is 15.5 Å². The summed E-state index contributed by atoms with van der Waals surface area (Å²) in [6.45, 7) is 4.45. The lowest BCUT2D eigenvalue weighted by molar-refractivity contribution is -0.137. The minimum Gasteiger partial charge on any atom is -0.344 e. The average Bonchev–Trinajstić information content (AvgIpc) is 2.65. The molecule has 2 aliphatic rings. The van der Waals surface area contributed by atoms with Gasteiger partial charge in [0, 0.05) is 32.1 Å². The Morgan fingerprint density at radius 1 is 1.53 bits per heavy atom. The SMILES string of the molecule is CC1CNCCN1C(=O)C1CCC(=O)N1. The number of carbonyl (C=O) groups is 2. The molecule has 2 atom stereocenters. The fourth-order valence-corrected chi connectivity index (χ4v) is 2.17. The van der Waals surface area contributed by atoms with E-state index in [0.717, 1.165) is 19.6 Å². The largest absolute Gasteiger partial charge is 0.344 e. The van der Waals surface area contributed by atoms with Crippen LogP contribution in [-0.2, 0) is 9.59 Å². The van der Waals surface area contributed by atoms with Gasteiger partial charge in [-0.1, -0.05) is 0 Å².